The standard InChI is InChI=1S/C15H24BrNO6/c1-3-22-14(19)10-21-7-5-6-12(9-16)8-13(17-11-18)15(20)23-4-2/h8,11,13H,3-7,9-10H2,1-2H3,(H,17,18)/b12-8-. The summed E-state index contributed by atoms with van der Waals surface area (Å²) in [6, 6.07) is -0.805. The first-order valence-corrected chi connectivity index (χ1v) is 8.56. The molecule has 0 radical (unpaired) electrons. The van der Waals surface area contributed by atoms with Crippen LogP contribution >= 0.6 is 15.9 Å². The summed E-state index contributed by atoms with van der Waals surface area (Å²) in [5.74, 6) is -0.891. The van der Waals surface area contributed by atoms with Crippen molar-refractivity contribution < 1.29 is 28.6 Å². The summed E-state index contributed by atoms with van der Waals surface area (Å²) < 4.78 is 14.8. The predicted molar refractivity (Wildman–Crippen MR) is 88.2 cm³/mol. The lowest BCUT2D eigenvalue weighted by molar-refractivity contribution is -0.148. The van der Waals surface area contributed by atoms with E-state index in [0.29, 0.717) is 37.8 Å². The first-order valence-electron chi connectivity index (χ1n) is 7.44. The first-order chi connectivity index (χ1) is 11.1. The van der Waals surface area contributed by atoms with E-state index < -0.39 is 12.0 Å². The molecule has 132 valence electrons. The van der Waals surface area contributed by atoms with Crippen LogP contribution in [0.5, 0.6) is 0 Å². The molecule has 1 unspecified atom stereocenters. The average molecular weight is 394 g/mol. The molecule has 0 aromatic heterocycles. The molecule has 0 aliphatic rings. The highest BCUT2D eigenvalue weighted by molar-refractivity contribution is 9.09. The van der Waals surface area contributed by atoms with Crippen LogP contribution < -0.4 is 5.32 Å². The Balaban J connectivity index is 4.30. The van der Waals surface area contributed by atoms with Crippen molar-refractivity contribution in [3.05, 3.63) is 11.6 Å². The van der Waals surface area contributed by atoms with Crippen LogP contribution in [0.25, 0.3) is 0 Å². The summed E-state index contributed by atoms with van der Waals surface area (Å²) in [6.45, 7) is 4.34. The van der Waals surface area contributed by atoms with Gasteiger partial charge in [-0.1, -0.05) is 27.6 Å². The normalized spacial score (nSPS) is 12.4. The van der Waals surface area contributed by atoms with E-state index in [9.17, 15) is 14.4 Å². The minimum Gasteiger partial charge on any atom is -0.464 e. The molecule has 0 spiro atoms. The zero-order valence-electron chi connectivity index (χ0n) is 13.5. The number of carbonyl (C=O) groups excluding carboxylic acids is 3. The second kappa shape index (κ2) is 14.2. The Morgan fingerprint density at radius 2 is 1.91 bits per heavy atom. The molecule has 7 nitrogen and oxygen atoms in total. The van der Waals surface area contributed by atoms with Crippen molar-refractivity contribution in [3.63, 3.8) is 0 Å². The number of hydrogen-bond acceptors (Lipinski definition) is 6. The highest BCUT2D eigenvalue weighted by Gasteiger charge is 2.16. The van der Waals surface area contributed by atoms with Crippen molar-refractivity contribution in [2.45, 2.75) is 32.7 Å². The Morgan fingerprint density at radius 1 is 1.22 bits per heavy atom. The Kier molecular flexibility index (Phi) is 13.3. The molecule has 0 bridgehead atoms. The third-order valence-corrected chi connectivity index (χ3v) is 3.39. The van der Waals surface area contributed by atoms with Gasteiger partial charge in [0.1, 0.15) is 12.6 Å². The fraction of sp³-hybridized carbons (Fsp3) is 0.667. The zero-order valence-corrected chi connectivity index (χ0v) is 15.1. The zero-order chi connectivity index (χ0) is 17.5. The van der Waals surface area contributed by atoms with Gasteiger partial charge in [-0.05, 0) is 26.7 Å². The number of ether oxygens (including phenoxy) is 3. The highest BCUT2D eigenvalue weighted by Crippen LogP contribution is 2.11. The molecule has 0 rings (SSSR count). The summed E-state index contributed by atoms with van der Waals surface area (Å²) >= 11 is 3.35. The van der Waals surface area contributed by atoms with Gasteiger partial charge < -0.3 is 19.5 Å². The summed E-state index contributed by atoms with van der Waals surface area (Å²) in [7, 11) is 0. The van der Waals surface area contributed by atoms with Crippen LogP contribution in [-0.2, 0) is 28.6 Å². The van der Waals surface area contributed by atoms with Crippen LogP contribution in [-0.4, -0.2) is 56.1 Å². The number of nitrogens with one attached hydrogen (secondary N) is 1. The molecular formula is C15H24BrNO6. The SMILES string of the molecule is CCOC(=O)COCCC/C(=C/C(NC=O)C(=O)OCC)CBr. The minimum absolute atomic E-state index is 0.0701. The largest absolute Gasteiger partial charge is 0.464 e. The van der Waals surface area contributed by atoms with Crippen LogP contribution in [0, 0.1) is 0 Å². The van der Waals surface area contributed by atoms with Gasteiger partial charge >= 0.3 is 11.9 Å². The first kappa shape index (κ1) is 21.6. The lowest BCUT2D eigenvalue weighted by atomic mass is 10.1. The third-order valence-electron chi connectivity index (χ3n) is 2.67. The topological polar surface area (TPSA) is 90.9 Å². The Hall–Kier alpha value is -1.41. The van der Waals surface area contributed by atoms with Crippen molar-refractivity contribution in [2.75, 3.05) is 31.8 Å². The number of amides is 1. The number of halogens is 1. The van der Waals surface area contributed by atoms with Gasteiger partial charge in [0.25, 0.3) is 0 Å². The van der Waals surface area contributed by atoms with Gasteiger partial charge in [0.2, 0.25) is 6.41 Å². The molecular weight excluding hydrogens is 370 g/mol. The van der Waals surface area contributed by atoms with E-state index in [1.165, 1.54) is 0 Å². The van der Waals surface area contributed by atoms with E-state index in [1.807, 2.05) is 0 Å². The van der Waals surface area contributed by atoms with Crippen LogP contribution in [0.15, 0.2) is 11.6 Å². The molecule has 1 atom stereocenters. The van der Waals surface area contributed by atoms with Crippen LogP contribution in [0.2, 0.25) is 0 Å². The second-order valence-electron chi connectivity index (χ2n) is 4.43. The van der Waals surface area contributed by atoms with E-state index in [2.05, 4.69) is 21.2 Å². The molecule has 1 amide bonds. The fourth-order valence-corrected chi connectivity index (χ4v) is 2.15. The number of esters is 2. The maximum absolute atomic E-state index is 11.7. The number of alkyl halides is 1. The molecule has 0 fully saturated rings. The van der Waals surface area contributed by atoms with Crippen LogP contribution in [0.1, 0.15) is 26.7 Å². The van der Waals surface area contributed by atoms with Crippen molar-refractivity contribution in [3.8, 4) is 0 Å². The van der Waals surface area contributed by atoms with Gasteiger partial charge in [-0.15, -0.1) is 0 Å². The number of hydrogen-bond donors (Lipinski definition) is 1. The van der Waals surface area contributed by atoms with Crippen molar-refractivity contribution in [2.24, 2.45) is 0 Å². The average Bonchev–Trinajstić information content (AvgIpc) is 2.53. The van der Waals surface area contributed by atoms with Gasteiger partial charge in [-0.25, -0.2) is 9.59 Å². The molecule has 8 heteroatoms. The van der Waals surface area contributed by atoms with E-state index in [-0.39, 0.29) is 19.2 Å². The lowest BCUT2D eigenvalue weighted by Gasteiger charge is -2.13. The van der Waals surface area contributed by atoms with Crippen molar-refractivity contribution in [1.82, 2.24) is 5.32 Å². The fourth-order valence-electron chi connectivity index (χ4n) is 1.68. The summed E-state index contributed by atoms with van der Waals surface area (Å²) in [5.41, 5.74) is 0.928. The predicted octanol–water partition coefficient (Wildman–Crippen LogP) is 1.35. The number of rotatable bonds is 13. The van der Waals surface area contributed by atoms with Crippen LogP contribution in [0.4, 0.5) is 0 Å². The highest BCUT2D eigenvalue weighted by atomic mass is 79.9. The smallest absolute Gasteiger partial charge is 0.332 e. The second-order valence-corrected chi connectivity index (χ2v) is 4.99. The van der Waals surface area contributed by atoms with Gasteiger partial charge in [-0.2, -0.15) is 0 Å². The Morgan fingerprint density at radius 3 is 2.48 bits per heavy atom. The third kappa shape index (κ3) is 10.9. The molecule has 23 heavy (non-hydrogen) atoms. The van der Waals surface area contributed by atoms with E-state index in [0.717, 1.165) is 5.57 Å². The van der Waals surface area contributed by atoms with Gasteiger partial charge in [0.05, 0.1) is 13.2 Å². The maximum atomic E-state index is 11.7. The van der Waals surface area contributed by atoms with E-state index >= 15 is 0 Å². The Labute approximate surface area is 144 Å². The van der Waals surface area contributed by atoms with Crippen molar-refractivity contribution >= 4 is 34.3 Å². The summed E-state index contributed by atoms with van der Waals surface area (Å²) in [4.78, 5) is 33.4. The molecule has 0 saturated carbocycles. The monoisotopic (exact) mass is 393 g/mol. The van der Waals surface area contributed by atoms with Crippen LogP contribution in [0.3, 0.4) is 0 Å². The van der Waals surface area contributed by atoms with Crippen molar-refractivity contribution in [1.29, 1.82) is 0 Å². The van der Waals surface area contributed by atoms with E-state index in [4.69, 9.17) is 14.2 Å². The van der Waals surface area contributed by atoms with Gasteiger partial charge in [0.15, 0.2) is 0 Å². The lowest BCUT2D eigenvalue weighted by Crippen LogP contribution is -2.36. The van der Waals surface area contributed by atoms with E-state index in [1.54, 1.807) is 19.9 Å². The number of allylic oxidation sites excluding steroid dienone is 1. The van der Waals surface area contributed by atoms with Gasteiger partial charge in [-0.3, -0.25) is 4.79 Å². The molecule has 0 heterocycles. The molecule has 0 aliphatic carbocycles. The Bertz CT molecular complexity index is 399. The minimum atomic E-state index is -0.805. The molecule has 0 aromatic rings. The quantitative estimate of drug-likeness (QED) is 0.167. The summed E-state index contributed by atoms with van der Waals surface area (Å²) in [5, 5.41) is 2.97. The maximum Gasteiger partial charge on any atom is 0.332 e. The molecule has 0 saturated heterocycles. The summed E-state index contributed by atoms with van der Waals surface area (Å²) in [6.07, 6.45) is 3.46. The van der Waals surface area contributed by atoms with Gasteiger partial charge in [0, 0.05) is 11.9 Å². The molecule has 0 aromatic carbocycles. The molecule has 0 aliphatic heterocycles. The molecule has 1 N–H and O–H groups in total. The number of carbonyl (C=O) groups is 3.